The molecule has 14 aromatic rings. The molecule has 0 aliphatic heterocycles. The first-order chi connectivity index (χ1) is 34.6. The summed E-state index contributed by atoms with van der Waals surface area (Å²) in [5.41, 5.74) is 11.8. The summed E-state index contributed by atoms with van der Waals surface area (Å²) in [4.78, 5) is 14.2. The molecule has 5 aromatic heterocycles. The number of benzene rings is 9. The van der Waals surface area contributed by atoms with E-state index >= 15 is 0 Å². The van der Waals surface area contributed by atoms with Gasteiger partial charge in [-0.2, -0.15) is 10.5 Å². The van der Waals surface area contributed by atoms with Crippen molar-refractivity contribution in [1.29, 1.82) is 10.5 Å². The highest BCUT2D eigenvalue weighted by atomic mass is 16.3. The van der Waals surface area contributed by atoms with Gasteiger partial charge in [0.15, 0.2) is 5.82 Å². The molecule has 9 aromatic carbocycles. The molecule has 9 nitrogen and oxygen atoms in total. The van der Waals surface area contributed by atoms with E-state index in [1.54, 1.807) is 12.1 Å². The van der Waals surface area contributed by atoms with E-state index in [0.717, 1.165) is 93.1 Å². The van der Waals surface area contributed by atoms with Crippen molar-refractivity contribution >= 4 is 93.2 Å². The number of nitriles is 2. The minimum Gasteiger partial charge on any atom is -0.456 e. The number of nitrogens with zero attached hydrogens (tertiary/aromatic N) is 7. The molecule has 0 aliphatic carbocycles. The number of fused-ring (bicyclic) bond motifs is 12. The standard InChI is InChI=1S/C61H31N7O2/c1-64-48-28-37(24-26-52(48)68-51-20-10-6-16-40(51)44-30-46-42-18-8-12-22-56(42)70-58(46)32-54(44)68)60-47(34-63)59(65-61(66-60)35-13-3-2-4-14-35)36-23-25-49(38(27-36)33-62)67-50-19-9-5-15-39(50)43-29-45-41-17-7-11-21-55(41)69-57(45)31-53(43)67/h2-32H. The maximum atomic E-state index is 11.1. The Morgan fingerprint density at radius 2 is 0.914 bits per heavy atom. The number of hydrogen-bond acceptors (Lipinski definition) is 6. The molecular formula is C61H31N7O2. The third-order valence-corrected chi connectivity index (χ3v) is 13.6. The average molecular weight is 894 g/mol. The van der Waals surface area contributed by atoms with Crippen LogP contribution in [-0.4, -0.2) is 19.1 Å². The monoisotopic (exact) mass is 893 g/mol. The summed E-state index contributed by atoms with van der Waals surface area (Å²) in [6.45, 7) is 8.57. The third kappa shape index (κ3) is 5.63. The fourth-order valence-electron chi connectivity index (χ4n) is 10.5. The first-order valence-electron chi connectivity index (χ1n) is 22.7. The van der Waals surface area contributed by atoms with E-state index < -0.39 is 0 Å². The summed E-state index contributed by atoms with van der Waals surface area (Å²) >= 11 is 0. The molecule has 0 aliphatic rings. The Bertz CT molecular complexity index is 4430. The number of rotatable bonds is 5. The van der Waals surface area contributed by atoms with Crippen molar-refractivity contribution in [2.45, 2.75) is 0 Å². The minimum absolute atomic E-state index is 0.216. The molecule has 0 fully saturated rings. The second-order valence-corrected chi connectivity index (χ2v) is 17.4. The average Bonchev–Trinajstić information content (AvgIpc) is 4.16. The van der Waals surface area contributed by atoms with Crippen LogP contribution in [0, 0.1) is 29.2 Å². The van der Waals surface area contributed by atoms with E-state index in [2.05, 4.69) is 86.8 Å². The van der Waals surface area contributed by atoms with Crippen LogP contribution < -0.4 is 0 Å². The summed E-state index contributed by atoms with van der Waals surface area (Å²) < 4.78 is 16.9. The van der Waals surface area contributed by atoms with Gasteiger partial charge in [-0.3, -0.25) is 0 Å². The maximum Gasteiger partial charge on any atom is 0.211 e. The van der Waals surface area contributed by atoms with Crippen LogP contribution in [-0.2, 0) is 0 Å². The molecule has 0 amide bonds. The Hall–Kier alpha value is -10.3. The first-order valence-corrected chi connectivity index (χ1v) is 22.7. The Kier molecular flexibility index (Phi) is 8.27. The predicted molar refractivity (Wildman–Crippen MR) is 277 cm³/mol. The summed E-state index contributed by atoms with van der Waals surface area (Å²) in [7, 11) is 0. The van der Waals surface area contributed by atoms with E-state index in [-0.39, 0.29) is 5.56 Å². The number of furan rings is 2. The van der Waals surface area contributed by atoms with E-state index in [1.165, 1.54) is 0 Å². The van der Waals surface area contributed by atoms with Crippen LogP contribution in [0.5, 0.6) is 0 Å². The van der Waals surface area contributed by atoms with Crippen LogP contribution in [0.3, 0.4) is 0 Å². The second-order valence-electron chi connectivity index (χ2n) is 17.4. The molecule has 0 saturated heterocycles. The van der Waals surface area contributed by atoms with Gasteiger partial charge in [-0.25, -0.2) is 14.8 Å². The first kappa shape index (κ1) is 38.9. The fourth-order valence-corrected chi connectivity index (χ4v) is 10.5. The number of para-hydroxylation sites is 4. The predicted octanol–water partition coefficient (Wildman–Crippen LogP) is 15.8. The van der Waals surface area contributed by atoms with E-state index in [0.29, 0.717) is 51.0 Å². The van der Waals surface area contributed by atoms with Gasteiger partial charge in [0.25, 0.3) is 0 Å². The largest absolute Gasteiger partial charge is 0.456 e. The molecular weight excluding hydrogens is 863 g/mol. The van der Waals surface area contributed by atoms with Gasteiger partial charge < -0.3 is 18.0 Å². The fraction of sp³-hybridized carbons (Fsp3) is 0. The van der Waals surface area contributed by atoms with Crippen molar-refractivity contribution in [3.05, 3.63) is 211 Å². The van der Waals surface area contributed by atoms with Crippen molar-refractivity contribution in [1.82, 2.24) is 19.1 Å². The highest BCUT2D eigenvalue weighted by Gasteiger charge is 2.24. The maximum absolute atomic E-state index is 11.1. The molecule has 5 heterocycles. The van der Waals surface area contributed by atoms with E-state index in [4.69, 9.17) is 25.4 Å². The smallest absolute Gasteiger partial charge is 0.211 e. The lowest BCUT2D eigenvalue weighted by molar-refractivity contribution is 0.669. The molecule has 0 N–H and O–H groups in total. The molecule has 0 saturated carbocycles. The Morgan fingerprint density at radius 3 is 1.47 bits per heavy atom. The Labute approximate surface area is 398 Å². The lowest BCUT2D eigenvalue weighted by Gasteiger charge is -2.16. The van der Waals surface area contributed by atoms with Gasteiger partial charge in [-0.1, -0.05) is 115 Å². The Morgan fingerprint density at radius 1 is 0.414 bits per heavy atom. The summed E-state index contributed by atoms with van der Waals surface area (Å²) in [5, 5.41) is 30.4. The highest BCUT2D eigenvalue weighted by molar-refractivity contribution is 6.19. The van der Waals surface area contributed by atoms with Crippen molar-refractivity contribution in [3.8, 4) is 57.4 Å². The molecule has 0 bridgehead atoms. The molecule has 0 atom stereocenters. The zero-order valence-corrected chi connectivity index (χ0v) is 36.8. The van der Waals surface area contributed by atoms with Crippen molar-refractivity contribution in [2.75, 3.05) is 0 Å². The topological polar surface area (TPSA) is 114 Å². The zero-order chi connectivity index (χ0) is 46.6. The second kappa shape index (κ2) is 14.9. The van der Waals surface area contributed by atoms with Gasteiger partial charge in [-0.05, 0) is 66.2 Å². The molecule has 70 heavy (non-hydrogen) atoms. The van der Waals surface area contributed by atoms with Crippen LogP contribution in [0.2, 0.25) is 0 Å². The minimum atomic E-state index is 0.216. The third-order valence-electron chi connectivity index (χ3n) is 13.6. The van der Waals surface area contributed by atoms with Gasteiger partial charge in [0.05, 0.1) is 57.0 Å². The van der Waals surface area contributed by atoms with Gasteiger partial charge in [-0.15, -0.1) is 0 Å². The van der Waals surface area contributed by atoms with Crippen LogP contribution in [0.25, 0.3) is 138 Å². The normalized spacial score (nSPS) is 11.7. The summed E-state index contributed by atoms with van der Waals surface area (Å²) in [5.74, 6) is 0.398. The van der Waals surface area contributed by atoms with Gasteiger partial charge in [0, 0.05) is 66.3 Å². The van der Waals surface area contributed by atoms with E-state index in [9.17, 15) is 10.5 Å². The van der Waals surface area contributed by atoms with Crippen LogP contribution in [0.15, 0.2) is 197 Å². The van der Waals surface area contributed by atoms with Crippen molar-refractivity contribution in [2.24, 2.45) is 0 Å². The van der Waals surface area contributed by atoms with E-state index in [1.807, 2.05) is 115 Å². The van der Waals surface area contributed by atoms with Gasteiger partial charge in [0.2, 0.25) is 5.69 Å². The lowest BCUT2D eigenvalue weighted by Crippen LogP contribution is -2.03. The van der Waals surface area contributed by atoms with Crippen LogP contribution in [0.1, 0.15) is 11.1 Å². The molecule has 9 heteroatoms. The molecule has 0 unspecified atom stereocenters. The van der Waals surface area contributed by atoms with Crippen LogP contribution in [0.4, 0.5) is 5.69 Å². The van der Waals surface area contributed by atoms with Crippen molar-refractivity contribution < 1.29 is 8.83 Å². The zero-order valence-electron chi connectivity index (χ0n) is 36.8. The number of aromatic nitrogens is 4. The molecule has 0 radical (unpaired) electrons. The van der Waals surface area contributed by atoms with Crippen molar-refractivity contribution in [3.63, 3.8) is 0 Å². The van der Waals surface area contributed by atoms with Gasteiger partial charge >= 0.3 is 0 Å². The highest BCUT2D eigenvalue weighted by Crippen LogP contribution is 2.43. The summed E-state index contributed by atoms with van der Waals surface area (Å²) in [6.07, 6.45) is 0. The quantitative estimate of drug-likeness (QED) is 0.159. The molecule has 322 valence electrons. The molecule has 0 spiro atoms. The van der Waals surface area contributed by atoms with Crippen LogP contribution >= 0.6 is 0 Å². The van der Waals surface area contributed by atoms with Gasteiger partial charge in [0.1, 0.15) is 40.0 Å². The lowest BCUT2D eigenvalue weighted by atomic mass is 9.98. The summed E-state index contributed by atoms with van der Waals surface area (Å²) in [6, 6.07) is 66.7. The Balaban J connectivity index is 0.949. The SMILES string of the molecule is [C-]#[N+]c1cc(-c2nc(-c3ccccc3)nc(-c3ccc(-n4c5ccccc5c5cc6c(cc54)oc4ccccc46)c(C#N)c3)c2C#N)ccc1-n1c2ccccc2c2cc3c(cc21)oc1ccccc13. The number of hydrogen-bond donors (Lipinski definition) is 0. The molecule has 14 rings (SSSR count).